The van der Waals surface area contributed by atoms with Crippen molar-refractivity contribution in [3.05, 3.63) is 0 Å². The molecule has 0 spiro atoms. The largest absolute Gasteiger partial charge is 0.390 e. The molecule has 0 aromatic carbocycles. The van der Waals surface area contributed by atoms with Gasteiger partial charge in [-0.3, -0.25) is 0 Å². The highest BCUT2D eigenvalue weighted by atomic mass is 16.3. The Bertz CT molecular complexity index is 124. The van der Waals surface area contributed by atoms with Crippen molar-refractivity contribution in [1.82, 2.24) is 5.32 Å². The van der Waals surface area contributed by atoms with Crippen LogP contribution in [0, 0.1) is 5.92 Å². The Morgan fingerprint density at radius 1 is 1.38 bits per heavy atom. The van der Waals surface area contributed by atoms with E-state index >= 15 is 0 Å². The molecule has 78 valence electrons. The van der Waals surface area contributed by atoms with Gasteiger partial charge in [0.05, 0.1) is 6.10 Å². The van der Waals surface area contributed by atoms with Gasteiger partial charge in [-0.25, -0.2) is 0 Å². The molecule has 0 aliphatic heterocycles. The molecule has 0 saturated heterocycles. The highest BCUT2D eigenvalue weighted by molar-refractivity contribution is 4.68. The number of hydrogen-bond acceptors (Lipinski definition) is 3. The third-order valence-electron chi connectivity index (χ3n) is 2.86. The molecule has 1 fully saturated rings. The second-order valence-electron chi connectivity index (χ2n) is 4.03. The number of aliphatic hydroxyl groups is 1. The van der Waals surface area contributed by atoms with E-state index in [9.17, 15) is 0 Å². The molecule has 1 unspecified atom stereocenters. The maximum absolute atomic E-state index is 9.16. The minimum Gasteiger partial charge on any atom is -0.390 e. The minimum absolute atomic E-state index is 0.358. The summed E-state index contributed by atoms with van der Waals surface area (Å²) in [5.41, 5.74) is 5.29. The van der Waals surface area contributed by atoms with E-state index in [1.807, 2.05) is 0 Å². The van der Waals surface area contributed by atoms with Gasteiger partial charge in [0.2, 0.25) is 0 Å². The molecule has 13 heavy (non-hydrogen) atoms. The lowest BCUT2D eigenvalue weighted by Crippen LogP contribution is -2.33. The lowest BCUT2D eigenvalue weighted by molar-refractivity contribution is 0.179. The highest BCUT2D eigenvalue weighted by Crippen LogP contribution is 2.26. The average Bonchev–Trinajstić information content (AvgIpc) is 2.64. The van der Waals surface area contributed by atoms with Gasteiger partial charge in [-0.1, -0.05) is 25.7 Å². The van der Waals surface area contributed by atoms with E-state index in [-0.39, 0.29) is 6.10 Å². The van der Waals surface area contributed by atoms with E-state index in [1.54, 1.807) is 0 Å². The predicted molar refractivity (Wildman–Crippen MR) is 54.5 cm³/mol. The molecule has 3 heteroatoms. The molecule has 0 aromatic rings. The Kier molecular flexibility index (Phi) is 5.35. The van der Waals surface area contributed by atoms with E-state index in [1.165, 1.54) is 32.1 Å². The van der Waals surface area contributed by atoms with Gasteiger partial charge < -0.3 is 16.2 Å². The topological polar surface area (TPSA) is 58.3 Å². The maximum Gasteiger partial charge on any atom is 0.0786 e. The zero-order valence-electron chi connectivity index (χ0n) is 8.34. The fourth-order valence-corrected chi connectivity index (χ4v) is 1.96. The Hall–Kier alpha value is -0.120. The van der Waals surface area contributed by atoms with Crippen LogP contribution in [0.25, 0.3) is 0 Å². The van der Waals surface area contributed by atoms with Gasteiger partial charge in [-0.15, -0.1) is 0 Å². The molecule has 0 heterocycles. The predicted octanol–water partition coefficient (Wildman–Crippen LogP) is 0.476. The van der Waals surface area contributed by atoms with Crippen LogP contribution in [0.15, 0.2) is 0 Å². The zero-order chi connectivity index (χ0) is 9.52. The Morgan fingerprint density at radius 2 is 2.08 bits per heavy atom. The summed E-state index contributed by atoms with van der Waals surface area (Å²) in [6.07, 6.45) is 6.52. The van der Waals surface area contributed by atoms with Gasteiger partial charge in [0.1, 0.15) is 0 Å². The van der Waals surface area contributed by atoms with Gasteiger partial charge in [-0.2, -0.15) is 0 Å². The third-order valence-corrected chi connectivity index (χ3v) is 2.86. The van der Waals surface area contributed by atoms with E-state index in [0.29, 0.717) is 13.1 Å². The van der Waals surface area contributed by atoms with Crippen molar-refractivity contribution < 1.29 is 5.11 Å². The summed E-state index contributed by atoms with van der Waals surface area (Å²) < 4.78 is 0. The molecule has 1 rings (SSSR count). The number of aliphatic hydroxyl groups excluding tert-OH is 1. The van der Waals surface area contributed by atoms with E-state index in [0.717, 1.165) is 12.5 Å². The molecule has 3 nitrogen and oxygen atoms in total. The SMILES string of the molecule is NCC(O)CNCCC1CCCC1. The molecule has 1 saturated carbocycles. The molecule has 0 amide bonds. The molecule has 1 aliphatic carbocycles. The summed E-state index contributed by atoms with van der Waals surface area (Å²) in [6.45, 7) is 2.03. The van der Waals surface area contributed by atoms with Gasteiger partial charge >= 0.3 is 0 Å². The second-order valence-corrected chi connectivity index (χ2v) is 4.03. The number of hydrogen-bond donors (Lipinski definition) is 3. The fraction of sp³-hybridized carbons (Fsp3) is 1.00. The number of nitrogens with two attached hydrogens (primary N) is 1. The smallest absolute Gasteiger partial charge is 0.0786 e. The lowest BCUT2D eigenvalue weighted by atomic mass is 10.0. The van der Waals surface area contributed by atoms with Crippen LogP contribution in [-0.4, -0.2) is 30.8 Å². The second kappa shape index (κ2) is 6.35. The van der Waals surface area contributed by atoms with Gasteiger partial charge in [0, 0.05) is 13.1 Å². The van der Waals surface area contributed by atoms with E-state index < -0.39 is 0 Å². The monoisotopic (exact) mass is 186 g/mol. The van der Waals surface area contributed by atoms with E-state index in [4.69, 9.17) is 10.8 Å². The molecule has 1 atom stereocenters. The Morgan fingerprint density at radius 3 is 2.69 bits per heavy atom. The first-order valence-electron chi connectivity index (χ1n) is 5.41. The highest BCUT2D eigenvalue weighted by Gasteiger charge is 2.13. The summed E-state index contributed by atoms with van der Waals surface area (Å²) in [6, 6.07) is 0. The molecule has 4 N–H and O–H groups in total. The molecule has 0 aromatic heterocycles. The molecular formula is C10H22N2O. The average molecular weight is 186 g/mol. The fourth-order valence-electron chi connectivity index (χ4n) is 1.96. The van der Waals surface area contributed by atoms with Gasteiger partial charge in [-0.05, 0) is 18.9 Å². The van der Waals surface area contributed by atoms with Crippen LogP contribution in [0.2, 0.25) is 0 Å². The lowest BCUT2D eigenvalue weighted by Gasteiger charge is -2.11. The Labute approximate surface area is 80.7 Å². The summed E-state index contributed by atoms with van der Waals surface area (Å²) in [5, 5.41) is 12.4. The Balaban J connectivity index is 1.88. The first kappa shape index (κ1) is 11.0. The van der Waals surface area contributed by atoms with Crippen molar-refractivity contribution in [1.29, 1.82) is 0 Å². The van der Waals surface area contributed by atoms with Crippen LogP contribution >= 0.6 is 0 Å². The van der Waals surface area contributed by atoms with Crippen LogP contribution in [0.4, 0.5) is 0 Å². The van der Waals surface area contributed by atoms with Crippen molar-refractivity contribution >= 4 is 0 Å². The summed E-state index contributed by atoms with van der Waals surface area (Å²) in [5.74, 6) is 0.933. The standard InChI is InChI=1S/C10H22N2O/c11-7-10(13)8-12-6-5-9-3-1-2-4-9/h9-10,12-13H,1-8,11H2. The first-order valence-corrected chi connectivity index (χ1v) is 5.41. The van der Waals surface area contributed by atoms with Crippen LogP contribution < -0.4 is 11.1 Å². The van der Waals surface area contributed by atoms with Crippen molar-refractivity contribution in [3.8, 4) is 0 Å². The summed E-state index contributed by atoms with van der Waals surface area (Å²) in [7, 11) is 0. The van der Waals surface area contributed by atoms with Crippen LogP contribution in [0.5, 0.6) is 0 Å². The van der Waals surface area contributed by atoms with Crippen LogP contribution in [-0.2, 0) is 0 Å². The van der Waals surface area contributed by atoms with Crippen molar-refractivity contribution in [2.45, 2.75) is 38.2 Å². The van der Waals surface area contributed by atoms with Crippen LogP contribution in [0.3, 0.4) is 0 Å². The van der Waals surface area contributed by atoms with Gasteiger partial charge in [0.25, 0.3) is 0 Å². The zero-order valence-corrected chi connectivity index (χ0v) is 8.34. The van der Waals surface area contributed by atoms with Crippen molar-refractivity contribution in [3.63, 3.8) is 0 Å². The first-order chi connectivity index (χ1) is 6.33. The van der Waals surface area contributed by atoms with Crippen molar-refractivity contribution in [2.75, 3.05) is 19.6 Å². The molecular weight excluding hydrogens is 164 g/mol. The van der Waals surface area contributed by atoms with Gasteiger partial charge in [0.15, 0.2) is 0 Å². The van der Waals surface area contributed by atoms with E-state index in [2.05, 4.69) is 5.32 Å². The summed E-state index contributed by atoms with van der Waals surface area (Å²) >= 11 is 0. The third kappa shape index (κ3) is 4.60. The number of nitrogens with one attached hydrogen (secondary N) is 1. The normalized spacial score (nSPS) is 20.8. The minimum atomic E-state index is -0.372. The summed E-state index contributed by atoms with van der Waals surface area (Å²) in [4.78, 5) is 0. The quantitative estimate of drug-likeness (QED) is 0.529. The molecule has 1 aliphatic rings. The maximum atomic E-state index is 9.16. The number of rotatable bonds is 6. The van der Waals surface area contributed by atoms with Crippen molar-refractivity contribution in [2.24, 2.45) is 11.7 Å². The van der Waals surface area contributed by atoms with Crippen LogP contribution in [0.1, 0.15) is 32.1 Å². The molecule has 0 bridgehead atoms. The molecule has 0 radical (unpaired) electrons.